The zero-order valence-electron chi connectivity index (χ0n) is 19.2. The van der Waals surface area contributed by atoms with E-state index in [0.29, 0.717) is 41.4 Å². The number of benzene rings is 1. The Bertz CT molecular complexity index is 1040. The van der Waals surface area contributed by atoms with Gasteiger partial charge in [0.1, 0.15) is 11.5 Å². The number of aliphatic imine (C=N–C) groups is 2. The third kappa shape index (κ3) is 8.51. The van der Waals surface area contributed by atoms with Crippen molar-refractivity contribution in [2.75, 3.05) is 13.1 Å². The third-order valence-electron chi connectivity index (χ3n) is 4.61. The quantitative estimate of drug-likeness (QED) is 0.178. The van der Waals surface area contributed by atoms with Gasteiger partial charge < -0.3 is 29.8 Å². The van der Waals surface area contributed by atoms with Gasteiger partial charge in [-0.3, -0.25) is 20.8 Å². The van der Waals surface area contributed by atoms with E-state index in [1.165, 1.54) is 12.1 Å². The Balaban J connectivity index is 0.00000544. The molecule has 1 radical (unpaired) electrons. The van der Waals surface area contributed by atoms with Gasteiger partial charge in [-0.2, -0.15) is 10.2 Å². The maximum atomic E-state index is 13.3. The molecule has 2 rings (SSSR count). The van der Waals surface area contributed by atoms with Gasteiger partial charge in [0.15, 0.2) is 0 Å². The minimum absolute atomic E-state index is 0. The minimum Gasteiger partial charge on any atom is -0.741 e. The summed E-state index contributed by atoms with van der Waals surface area (Å²) < 4.78 is 15.4. The molecule has 33 heavy (non-hydrogen) atoms. The monoisotopic (exact) mass is 536 g/mol. The Morgan fingerprint density at radius 2 is 1.52 bits per heavy atom. The molecule has 0 atom stereocenters. The molecule has 7 nitrogen and oxygen atoms in total. The molecule has 0 spiro atoms. The summed E-state index contributed by atoms with van der Waals surface area (Å²) in [5.41, 5.74) is 10.7. The van der Waals surface area contributed by atoms with Gasteiger partial charge in [0.25, 0.3) is 0 Å². The Labute approximate surface area is 216 Å². The molecule has 0 amide bonds. The number of halogens is 1. The molecule has 1 aromatic heterocycles. The number of aryl methyl sites for hydroxylation is 1. The van der Waals surface area contributed by atoms with Crippen LogP contribution in [0.2, 0.25) is 0 Å². The summed E-state index contributed by atoms with van der Waals surface area (Å²) in [4.78, 5) is 8.25. The molecule has 1 heterocycles. The van der Waals surface area contributed by atoms with Crippen molar-refractivity contribution in [1.29, 1.82) is 0 Å². The molecule has 1 aromatic carbocycles. The fraction of sp³-hybridized carbons (Fsp3) is 0.364. The van der Waals surface area contributed by atoms with Crippen molar-refractivity contribution in [1.82, 2.24) is 15.4 Å². The van der Waals surface area contributed by atoms with Crippen LogP contribution >= 0.6 is 0 Å². The van der Waals surface area contributed by atoms with Gasteiger partial charge in [-0.05, 0) is 68.7 Å². The van der Waals surface area contributed by atoms with Crippen LogP contribution in [0.25, 0.3) is 0 Å². The van der Waals surface area contributed by atoms with Crippen LogP contribution in [0.5, 0.6) is 0 Å². The van der Waals surface area contributed by atoms with Crippen molar-refractivity contribution in [2.24, 2.45) is 20.2 Å². The third-order valence-corrected chi connectivity index (χ3v) is 5.05. The number of amidine groups is 2. The smallest absolute Gasteiger partial charge is 0.741 e. The Hall–Kier alpha value is -2.33. The average molecular weight is 537 g/mol. The topological polar surface area (TPSA) is 78.4 Å². The first-order valence-corrected chi connectivity index (χ1v) is 11.1. The van der Waals surface area contributed by atoms with Gasteiger partial charge in [-0.25, -0.2) is 4.39 Å². The molecule has 0 unspecified atom stereocenters. The zero-order chi connectivity index (χ0) is 23.7. The van der Waals surface area contributed by atoms with E-state index in [9.17, 15) is 4.39 Å². The molecule has 11 heteroatoms. The summed E-state index contributed by atoms with van der Waals surface area (Å²) in [5.74, 6) is -0.253. The SMILES string of the molecule is CCN=C([S-])N/N=C(C)/C(=N/NC([S-])=NCC)c1cc(C)n(Cc2ccc(F)cc2)c1C.[Cu+2]. The second kappa shape index (κ2) is 14.0. The van der Waals surface area contributed by atoms with E-state index < -0.39 is 0 Å². The van der Waals surface area contributed by atoms with E-state index in [1.54, 1.807) is 12.1 Å². The zero-order valence-corrected chi connectivity index (χ0v) is 21.8. The van der Waals surface area contributed by atoms with Gasteiger partial charge in [0, 0.05) is 36.6 Å². The Kier molecular flexibility index (Phi) is 12.2. The van der Waals surface area contributed by atoms with Gasteiger partial charge in [-0.1, -0.05) is 12.1 Å². The first kappa shape index (κ1) is 28.7. The standard InChI is InChI=1S/C22H30FN7S2.Cu/c1-6-24-21(31)28-26-15(4)20(27-29-22(32)25-7-2)19-12-14(3)30(16(19)5)13-17-8-10-18(23)11-9-17;/h8-12H,6-7,13H2,1-5H3,(H2,24,28,31)(H2,25,29,32);/q;+2/p-2/b26-15+,27-20-;. The maximum absolute atomic E-state index is 13.3. The normalized spacial score (nSPS) is 13.0. The van der Waals surface area contributed by atoms with Crippen LogP contribution in [-0.4, -0.2) is 39.4 Å². The van der Waals surface area contributed by atoms with Crippen LogP contribution in [0.4, 0.5) is 4.39 Å². The molecule has 0 aliphatic rings. The van der Waals surface area contributed by atoms with Crippen LogP contribution in [-0.2, 0) is 48.9 Å². The number of hydrogen-bond acceptors (Lipinski definition) is 6. The Morgan fingerprint density at radius 3 is 2.06 bits per heavy atom. The molecular formula is C22H28CuFN7S2. The van der Waals surface area contributed by atoms with Crippen molar-refractivity contribution >= 4 is 47.0 Å². The molecule has 0 fully saturated rings. The van der Waals surface area contributed by atoms with Crippen LogP contribution in [0, 0.1) is 19.7 Å². The molecule has 2 aromatic rings. The van der Waals surface area contributed by atoms with Crippen LogP contribution in [0.1, 0.15) is 43.3 Å². The number of aromatic nitrogens is 1. The van der Waals surface area contributed by atoms with E-state index in [4.69, 9.17) is 25.3 Å². The summed E-state index contributed by atoms with van der Waals surface area (Å²) in [5, 5.41) is 9.44. The average Bonchev–Trinajstić information content (AvgIpc) is 3.02. The van der Waals surface area contributed by atoms with Crippen molar-refractivity contribution in [3.63, 3.8) is 0 Å². The second-order valence-electron chi connectivity index (χ2n) is 6.94. The number of nitrogens with zero attached hydrogens (tertiary/aromatic N) is 5. The molecule has 0 saturated heterocycles. The summed E-state index contributed by atoms with van der Waals surface area (Å²) in [6, 6.07) is 8.53. The van der Waals surface area contributed by atoms with Crippen molar-refractivity contribution in [2.45, 2.75) is 41.2 Å². The van der Waals surface area contributed by atoms with E-state index in [0.717, 1.165) is 22.5 Å². The van der Waals surface area contributed by atoms with Crippen molar-refractivity contribution in [3.8, 4) is 0 Å². The number of hydrazone groups is 2. The van der Waals surface area contributed by atoms with E-state index in [2.05, 4.69) is 35.6 Å². The summed E-state index contributed by atoms with van der Waals surface area (Å²) in [6.07, 6.45) is 0. The van der Waals surface area contributed by atoms with E-state index in [-0.39, 0.29) is 22.9 Å². The maximum Gasteiger partial charge on any atom is 2.00 e. The molecule has 0 bridgehead atoms. The van der Waals surface area contributed by atoms with Gasteiger partial charge >= 0.3 is 17.1 Å². The van der Waals surface area contributed by atoms with Crippen LogP contribution in [0.3, 0.4) is 0 Å². The first-order chi connectivity index (χ1) is 15.3. The summed E-state index contributed by atoms with van der Waals surface area (Å²) >= 11 is 10.3. The molecule has 0 aliphatic carbocycles. The van der Waals surface area contributed by atoms with Gasteiger partial charge in [0.05, 0.1) is 5.71 Å². The van der Waals surface area contributed by atoms with Gasteiger partial charge in [0.2, 0.25) is 0 Å². The van der Waals surface area contributed by atoms with Crippen molar-refractivity contribution < 1.29 is 21.5 Å². The van der Waals surface area contributed by atoms with Gasteiger partial charge in [-0.15, -0.1) is 0 Å². The number of nitrogens with one attached hydrogen (secondary N) is 2. The molecule has 0 aliphatic heterocycles. The summed E-state index contributed by atoms with van der Waals surface area (Å²) in [7, 11) is 0. The van der Waals surface area contributed by atoms with Crippen LogP contribution in [0.15, 0.2) is 50.5 Å². The molecule has 2 N–H and O–H groups in total. The fourth-order valence-electron chi connectivity index (χ4n) is 3.04. The predicted octanol–water partition coefficient (Wildman–Crippen LogP) is 3.39. The number of hydrogen-bond donors (Lipinski definition) is 2. The van der Waals surface area contributed by atoms with E-state index >= 15 is 0 Å². The largest absolute Gasteiger partial charge is 2.00 e. The molecular weight excluding hydrogens is 509 g/mol. The minimum atomic E-state index is -0.253. The first-order valence-electron chi connectivity index (χ1n) is 10.3. The Morgan fingerprint density at radius 1 is 0.970 bits per heavy atom. The molecule has 0 saturated carbocycles. The van der Waals surface area contributed by atoms with Crippen molar-refractivity contribution in [3.05, 3.63) is 58.7 Å². The second-order valence-corrected chi connectivity index (χ2v) is 7.71. The summed E-state index contributed by atoms with van der Waals surface area (Å²) in [6.45, 7) is 11.4. The fourth-order valence-corrected chi connectivity index (χ4v) is 3.39. The molecule has 181 valence electrons. The number of rotatable bonds is 8. The van der Waals surface area contributed by atoms with E-state index in [1.807, 2.05) is 40.7 Å². The predicted molar refractivity (Wildman–Crippen MR) is 136 cm³/mol. The van der Waals surface area contributed by atoms with Crippen LogP contribution < -0.4 is 10.9 Å².